The number of nitrogens with one attached hydrogen (secondary N) is 1. The molecule has 0 radical (unpaired) electrons. The third-order valence-corrected chi connectivity index (χ3v) is 4.24. The third kappa shape index (κ3) is 5.45. The van der Waals surface area contributed by atoms with Gasteiger partial charge in [-0.15, -0.1) is 0 Å². The Bertz CT molecular complexity index is 705. The fraction of sp³-hybridized carbons (Fsp3) is 0.333. The van der Waals surface area contributed by atoms with Crippen molar-refractivity contribution in [1.82, 2.24) is 5.32 Å². The van der Waals surface area contributed by atoms with E-state index in [9.17, 15) is 9.59 Å². The lowest BCUT2D eigenvalue weighted by Gasteiger charge is -2.09. The number of aliphatic carboxylic acids is 1. The minimum Gasteiger partial charge on any atom is -0.481 e. The number of aryl methyl sites for hydroxylation is 1. The number of hydrogen-bond donors (Lipinski definition) is 2. The monoisotopic (exact) mass is 339 g/mol. The summed E-state index contributed by atoms with van der Waals surface area (Å²) in [4.78, 5) is 22.8. The summed E-state index contributed by atoms with van der Waals surface area (Å²) in [7, 11) is 0. The largest absolute Gasteiger partial charge is 0.481 e. The molecular formula is C21H25NO3. The zero-order chi connectivity index (χ0) is 18.2. The van der Waals surface area contributed by atoms with Crippen molar-refractivity contribution in [2.75, 3.05) is 6.54 Å². The molecule has 0 bridgehead atoms. The van der Waals surface area contributed by atoms with E-state index in [1.165, 1.54) is 18.4 Å². The van der Waals surface area contributed by atoms with Crippen LogP contribution in [-0.4, -0.2) is 23.5 Å². The minimum absolute atomic E-state index is 0.120. The third-order valence-electron chi connectivity index (χ3n) is 4.24. The molecule has 2 aromatic carbocycles. The summed E-state index contributed by atoms with van der Waals surface area (Å²) in [6.07, 6.45) is 3.49. The molecule has 0 aromatic heterocycles. The van der Waals surface area contributed by atoms with Crippen LogP contribution >= 0.6 is 0 Å². The second-order valence-electron chi connectivity index (χ2n) is 6.33. The van der Waals surface area contributed by atoms with Crippen molar-refractivity contribution in [2.45, 2.75) is 33.1 Å². The van der Waals surface area contributed by atoms with Gasteiger partial charge < -0.3 is 10.4 Å². The molecule has 0 saturated carbocycles. The molecule has 0 spiro atoms. The van der Waals surface area contributed by atoms with Gasteiger partial charge in [0.25, 0.3) is 5.91 Å². The minimum atomic E-state index is -0.918. The van der Waals surface area contributed by atoms with Crippen LogP contribution in [-0.2, 0) is 11.2 Å². The molecule has 0 unspecified atom stereocenters. The van der Waals surface area contributed by atoms with Gasteiger partial charge in [0.2, 0.25) is 0 Å². The molecule has 0 heterocycles. The molecule has 132 valence electrons. The van der Waals surface area contributed by atoms with E-state index in [0.29, 0.717) is 5.56 Å². The van der Waals surface area contributed by atoms with Crippen LogP contribution in [0, 0.1) is 5.92 Å². The Balaban J connectivity index is 1.99. The predicted octanol–water partition coefficient (Wildman–Crippen LogP) is 4.15. The molecule has 0 aliphatic heterocycles. The maximum Gasteiger partial charge on any atom is 0.308 e. The van der Waals surface area contributed by atoms with E-state index in [2.05, 4.69) is 36.5 Å². The summed E-state index contributed by atoms with van der Waals surface area (Å²) in [5.74, 6) is -1.78. The standard InChI is InChI=1S/C21H25NO3/c1-3-4-5-16-6-8-17(9-7-16)18-10-12-19(13-11-18)20(23)22-14-15(2)21(24)25/h6-13,15H,3-5,14H2,1-2H3,(H,22,23)(H,24,25)/t15-/m1/s1. The number of carboxylic acid groups (broad SMARTS) is 1. The van der Waals surface area contributed by atoms with E-state index in [-0.39, 0.29) is 12.5 Å². The topological polar surface area (TPSA) is 66.4 Å². The molecule has 2 aromatic rings. The van der Waals surface area contributed by atoms with Crippen LogP contribution in [0.1, 0.15) is 42.6 Å². The first-order valence-corrected chi connectivity index (χ1v) is 8.71. The number of rotatable bonds is 8. The quantitative estimate of drug-likeness (QED) is 0.759. The van der Waals surface area contributed by atoms with E-state index >= 15 is 0 Å². The van der Waals surface area contributed by atoms with Crippen molar-refractivity contribution >= 4 is 11.9 Å². The van der Waals surface area contributed by atoms with Gasteiger partial charge >= 0.3 is 5.97 Å². The summed E-state index contributed by atoms with van der Waals surface area (Å²) in [5, 5.41) is 11.5. The van der Waals surface area contributed by atoms with Gasteiger partial charge in [0.1, 0.15) is 0 Å². The Kier molecular flexibility index (Phi) is 6.75. The molecule has 4 nitrogen and oxygen atoms in total. The van der Waals surface area contributed by atoms with E-state index in [1.54, 1.807) is 19.1 Å². The van der Waals surface area contributed by atoms with Crippen molar-refractivity contribution in [3.8, 4) is 11.1 Å². The fourth-order valence-electron chi connectivity index (χ4n) is 2.49. The number of amides is 1. The number of carbonyl (C=O) groups excluding carboxylic acids is 1. The summed E-state index contributed by atoms with van der Waals surface area (Å²) >= 11 is 0. The molecule has 25 heavy (non-hydrogen) atoms. The molecule has 2 rings (SSSR count). The van der Waals surface area contributed by atoms with Crippen molar-refractivity contribution in [3.05, 3.63) is 59.7 Å². The first-order chi connectivity index (χ1) is 12.0. The number of carbonyl (C=O) groups is 2. The highest BCUT2D eigenvalue weighted by molar-refractivity contribution is 5.94. The maximum absolute atomic E-state index is 12.1. The fourth-order valence-corrected chi connectivity index (χ4v) is 2.49. The lowest BCUT2D eigenvalue weighted by molar-refractivity contribution is -0.140. The number of benzene rings is 2. The van der Waals surface area contributed by atoms with Gasteiger partial charge in [0.05, 0.1) is 5.92 Å². The van der Waals surface area contributed by atoms with Gasteiger partial charge in [-0.1, -0.05) is 56.7 Å². The lowest BCUT2D eigenvalue weighted by Crippen LogP contribution is -2.31. The second kappa shape index (κ2) is 9.02. The van der Waals surface area contributed by atoms with Gasteiger partial charge in [0.15, 0.2) is 0 Å². The Labute approximate surface area is 148 Å². The van der Waals surface area contributed by atoms with Crippen LogP contribution in [0.4, 0.5) is 0 Å². The van der Waals surface area contributed by atoms with Crippen molar-refractivity contribution in [2.24, 2.45) is 5.92 Å². The highest BCUT2D eigenvalue weighted by atomic mass is 16.4. The van der Waals surface area contributed by atoms with Crippen molar-refractivity contribution < 1.29 is 14.7 Å². The SMILES string of the molecule is CCCCc1ccc(-c2ccc(C(=O)NC[C@@H](C)C(=O)O)cc2)cc1. The Morgan fingerprint density at radius 1 is 1.00 bits per heavy atom. The van der Waals surface area contributed by atoms with E-state index < -0.39 is 11.9 Å². The number of hydrogen-bond acceptors (Lipinski definition) is 2. The Hall–Kier alpha value is -2.62. The summed E-state index contributed by atoms with van der Waals surface area (Å²) in [5.41, 5.74) is 4.04. The normalized spacial score (nSPS) is 11.8. The highest BCUT2D eigenvalue weighted by Gasteiger charge is 2.13. The van der Waals surface area contributed by atoms with Gasteiger partial charge in [-0.3, -0.25) is 9.59 Å². The van der Waals surface area contributed by atoms with Gasteiger partial charge in [0, 0.05) is 12.1 Å². The van der Waals surface area contributed by atoms with E-state index in [4.69, 9.17) is 5.11 Å². The van der Waals surface area contributed by atoms with Crippen molar-refractivity contribution in [1.29, 1.82) is 0 Å². The average Bonchev–Trinajstić information content (AvgIpc) is 2.64. The second-order valence-corrected chi connectivity index (χ2v) is 6.33. The molecule has 2 N–H and O–H groups in total. The molecule has 0 aliphatic carbocycles. The van der Waals surface area contributed by atoms with Gasteiger partial charge in [-0.2, -0.15) is 0 Å². The molecule has 1 amide bonds. The highest BCUT2D eigenvalue weighted by Crippen LogP contribution is 2.21. The van der Waals surface area contributed by atoms with Gasteiger partial charge in [-0.25, -0.2) is 0 Å². The maximum atomic E-state index is 12.1. The Morgan fingerprint density at radius 2 is 1.56 bits per heavy atom. The predicted molar refractivity (Wildman–Crippen MR) is 99.6 cm³/mol. The average molecular weight is 339 g/mol. The zero-order valence-electron chi connectivity index (χ0n) is 14.8. The molecule has 0 aliphatic rings. The van der Waals surface area contributed by atoms with Crippen LogP contribution in [0.25, 0.3) is 11.1 Å². The smallest absolute Gasteiger partial charge is 0.308 e. The van der Waals surface area contributed by atoms with Crippen LogP contribution in [0.2, 0.25) is 0 Å². The number of carboxylic acids is 1. The van der Waals surface area contributed by atoms with Gasteiger partial charge in [-0.05, 0) is 41.7 Å². The summed E-state index contributed by atoms with van der Waals surface area (Å²) in [6.45, 7) is 3.87. The van der Waals surface area contributed by atoms with E-state index in [0.717, 1.165) is 17.5 Å². The lowest BCUT2D eigenvalue weighted by atomic mass is 10.0. The zero-order valence-corrected chi connectivity index (χ0v) is 14.8. The number of unbranched alkanes of at least 4 members (excludes halogenated alkanes) is 1. The van der Waals surface area contributed by atoms with Crippen molar-refractivity contribution in [3.63, 3.8) is 0 Å². The molecule has 0 fully saturated rings. The summed E-state index contributed by atoms with van der Waals surface area (Å²) < 4.78 is 0. The summed E-state index contributed by atoms with van der Waals surface area (Å²) in [6, 6.07) is 15.9. The first-order valence-electron chi connectivity index (χ1n) is 8.71. The van der Waals surface area contributed by atoms with Crippen LogP contribution in [0.5, 0.6) is 0 Å². The molecular weight excluding hydrogens is 314 g/mol. The van der Waals surface area contributed by atoms with Crippen LogP contribution < -0.4 is 5.32 Å². The molecule has 4 heteroatoms. The Morgan fingerprint density at radius 3 is 2.08 bits per heavy atom. The van der Waals surface area contributed by atoms with Crippen LogP contribution in [0.3, 0.4) is 0 Å². The molecule has 1 atom stereocenters. The van der Waals surface area contributed by atoms with Crippen LogP contribution in [0.15, 0.2) is 48.5 Å². The first kappa shape index (κ1) is 18.7. The molecule has 0 saturated heterocycles. The van der Waals surface area contributed by atoms with E-state index in [1.807, 2.05) is 12.1 Å².